The van der Waals surface area contributed by atoms with Crippen molar-refractivity contribution in [3.8, 4) is 5.75 Å². The molecule has 0 aliphatic carbocycles. The van der Waals surface area contributed by atoms with Crippen molar-refractivity contribution in [1.29, 1.82) is 0 Å². The normalized spacial score (nSPS) is 25.2. The lowest BCUT2D eigenvalue weighted by atomic mass is 9.85. The average molecular weight is 289 g/mol. The highest BCUT2D eigenvalue weighted by Crippen LogP contribution is 2.31. The van der Waals surface area contributed by atoms with E-state index in [4.69, 9.17) is 10.5 Å². The maximum atomic E-state index is 11.5. The van der Waals surface area contributed by atoms with Crippen LogP contribution in [0.5, 0.6) is 5.75 Å². The van der Waals surface area contributed by atoms with Crippen molar-refractivity contribution in [3.05, 3.63) is 18.2 Å². The molecule has 5 heteroatoms. The average Bonchev–Trinajstić information content (AvgIpc) is 2.46. The topological polar surface area (TPSA) is 67.6 Å². The molecule has 0 bridgehead atoms. The quantitative estimate of drug-likeness (QED) is 0.832. The largest absolute Gasteiger partial charge is 0.494 e. The lowest BCUT2D eigenvalue weighted by Crippen LogP contribution is -2.54. The van der Waals surface area contributed by atoms with Crippen molar-refractivity contribution in [2.24, 2.45) is 5.92 Å². The van der Waals surface area contributed by atoms with E-state index in [1.54, 1.807) is 0 Å². The van der Waals surface area contributed by atoms with Crippen LogP contribution in [0.3, 0.4) is 0 Å². The van der Waals surface area contributed by atoms with Gasteiger partial charge in [0.05, 0.1) is 6.61 Å². The van der Waals surface area contributed by atoms with Crippen molar-refractivity contribution in [2.45, 2.75) is 32.2 Å². The Morgan fingerprint density at radius 2 is 2.24 bits per heavy atom. The third kappa shape index (κ3) is 3.06. The molecule has 2 aliphatic heterocycles. The molecule has 21 heavy (non-hydrogen) atoms. The maximum absolute atomic E-state index is 11.5. The summed E-state index contributed by atoms with van der Waals surface area (Å²) in [5, 5.41) is 3.12. The minimum atomic E-state index is 0.201. The smallest absolute Gasteiger partial charge is 0.220 e. The number of benzene rings is 1. The fraction of sp³-hybridized carbons (Fsp3) is 0.562. The Morgan fingerprint density at radius 1 is 1.38 bits per heavy atom. The molecular weight excluding hydrogens is 266 g/mol. The molecule has 1 aromatic carbocycles. The summed E-state index contributed by atoms with van der Waals surface area (Å²) in [6, 6.07) is 6.27. The summed E-state index contributed by atoms with van der Waals surface area (Å²) in [6.45, 7) is 4.52. The molecule has 2 atom stereocenters. The second-order valence-electron chi connectivity index (χ2n) is 5.90. The van der Waals surface area contributed by atoms with Crippen LogP contribution in [-0.2, 0) is 4.79 Å². The number of rotatable bonds is 3. The van der Waals surface area contributed by atoms with Gasteiger partial charge in [0.15, 0.2) is 0 Å². The third-order valence-corrected chi connectivity index (χ3v) is 4.41. The van der Waals surface area contributed by atoms with E-state index in [2.05, 4.69) is 16.3 Å². The highest BCUT2D eigenvalue weighted by Gasteiger charge is 2.33. The van der Waals surface area contributed by atoms with Crippen LogP contribution in [-0.4, -0.2) is 31.6 Å². The van der Waals surface area contributed by atoms with Crippen molar-refractivity contribution < 1.29 is 9.53 Å². The van der Waals surface area contributed by atoms with Crippen LogP contribution < -0.4 is 20.7 Å². The molecule has 1 aromatic rings. The van der Waals surface area contributed by atoms with Gasteiger partial charge < -0.3 is 20.7 Å². The zero-order valence-electron chi connectivity index (χ0n) is 12.5. The van der Waals surface area contributed by atoms with Gasteiger partial charge in [-0.1, -0.05) is 0 Å². The number of carbonyl (C=O) groups excluding carboxylic acids is 1. The van der Waals surface area contributed by atoms with E-state index >= 15 is 0 Å². The van der Waals surface area contributed by atoms with Crippen LogP contribution in [0.15, 0.2) is 18.2 Å². The lowest BCUT2D eigenvalue weighted by molar-refractivity contribution is -0.124. The Kier molecular flexibility index (Phi) is 3.90. The number of hydrogen-bond donors (Lipinski definition) is 2. The van der Waals surface area contributed by atoms with Crippen molar-refractivity contribution in [1.82, 2.24) is 5.32 Å². The maximum Gasteiger partial charge on any atom is 0.220 e. The lowest BCUT2D eigenvalue weighted by Gasteiger charge is -2.42. The molecular formula is C16H23N3O2. The van der Waals surface area contributed by atoms with Gasteiger partial charge in [0.2, 0.25) is 5.91 Å². The van der Waals surface area contributed by atoms with Gasteiger partial charge in [-0.2, -0.15) is 0 Å². The number of ether oxygens (including phenoxy) is 1. The minimum absolute atomic E-state index is 0.201. The van der Waals surface area contributed by atoms with Gasteiger partial charge in [-0.15, -0.1) is 0 Å². The minimum Gasteiger partial charge on any atom is -0.494 e. The molecule has 0 aromatic heterocycles. The molecule has 0 radical (unpaired) electrons. The van der Waals surface area contributed by atoms with Crippen molar-refractivity contribution in [2.75, 3.05) is 30.3 Å². The number of anilines is 2. The van der Waals surface area contributed by atoms with Gasteiger partial charge in [0.25, 0.3) is 0 Å². The molecule has 2 fully saturated rings. The molecule has 2 aliphatic rings. The van der Waals surface area contributed by atoms with E-state index < -0.39 is 0 Å². The summed E-state index contributed by atoms with van der Waals surface area (Å²) in [7, 11) is 0. The number of amides is 1. The number of hydrogen-bond acceptors (Lipinski definition) is 4. The van der Waals surface area contributed by atoms with Gasteiger partial charge in [0.1, 0.15) is 5.75 Å². The SMILES string of the molecule is CCOc1cc(N)cc(N2CCC3NC(=O)CCC3C2)c1. The van der Waals surface area contributed by atoms with E-state index in [0.717, 1.165) is 43.1 Å². The number of nitrogen functional groups attached to an aromatic ring is 1. The van der Waals surface area contributed by atoms with Crippen LogP contribution in [0.4, 0.5) is 11.4 Å². The van der Waals surface area contributed by atoms with Crippen LogP contribution in [0, 0.1) is 5.92 Å². The molecule has 114 valence electrons. The summed E-state index contributed by atoms with van der Waals surface area (Å²) < 4.78 is 5.58. The van der Waals surface area contributed by atoms with Crippen molar-refractivity contribution >= 4 is 17.3 Å². The van der Waals surface area contributed by atoms with Gasteiger partial charge in [-0.25, -0.2) is 0 Å². The Morgan fingerprint density at radius 3 is 3.05 bits per heavy atom. The Labute approximate surface area is 125 Å². The van der Waals surface area contributed by atoms with Crippen LogP contribution >= 0.6 is 0 Å². The first-order chi connectivity index (χ1) is 10.2. The number of piperidine rings is 2. The number of carbonyl (C=O) groups is 1. The summed E-state index contributed by atoms with van der Waals surface area (Å²) in [5.41, 5.74) is 7.83. The molecule has 0 spiro atoms. The molecule has 2 saturated heterocycles. The Hall–Kier alpha value is -1.91. The number of fused-ring (bicyclic) bond motifs is 1. The van der Waals surface area contributed by atoms with Crippen LogP contribution in [0.25, 0.3) is 0 Å². The van der Waals surface area contributed by atoms with E-state index in [1.807, 2.05) is 19.1 Å². The second-order valence-corrected chi connectivity index (χ2v) is 5.90. The van der Waals surface area contributed by atoms with Gasteiger partial charge in [-0.3, -0.25) is 4.79 Å². The summed E-state index contributed by atoms with van der Waals surface area (Å²) in [6.07, 6.45) is 2.62. The summed E-state index contributed by atoms with van der Waals surface area (Å²) >= 11 is 0. The van der Waals surface area contributed by atoms with Gasteiger partial charge in [0, 0.05) is 49.1 Å². The monoisotopic (exact) mass is 289 g/mol. The fourth-order valence-electron chi connectivity index (χ4n) is 3.38. The standard InChI is InChI=1S/C16H23N3O2/c1-2-21-14-8-12(17)7-13(9-14)19-6-5-15-11(10-19)3-4-16(20)18-15/h7-9,11,15H,2-6,10,17H2,1H3,(H,18,20). The molecule has 2 unspecified atom stereocenters. The second kappa shape index (κ2) is 5.84. The highest BCUT2D eigenvalue weighted by atomic mass is 16.5. The first-order valence-corrected chi connectivity index (χ1v) is 7.73. The van der Waals surface area contributed by atoms with Crippen molar-refractivity contribution in [3.63, 3.8) is 0 Å². The predicted octanol–water partition coefficient (Wildman–Crippen LogP) is 1.77. The first-order valence-electron chi connectivity index (χ1n) is 7.73. The third-order valence-electron chi connectivity index (χ3n) is 4.41. The number of nitrogens with one attached hydrogen (secondary N) is 1. The highest BCUT2D eigenvalue weighted by molar-refractivity contribution is 5.77. The molecule has 0 saturated carbocycles. The van der Waals surface area contributed by atoms with Crippen LogP contribution in [0.1, 0.15) is 26.2 Å². The zero-order valence-corrected chi connectivity index (χ0v) is 12.5. The van der Waals surface area contributed by atoms with E-state index in [-0.39, 0.29) is 5.91 Å². The van der Waals surface area contributed by atoms with Gasteiger partial charge in [-0.05, 0) is 31.7 Å². The van der Waals surface area contributed by atoms with E-state index in [1.165, 1.54) is 0 Å². The van der Waals surface area contributed by atoms with E-state index in [0.29, 0.717) is 25.0 Å². The number of nitrogens with zero attached hydrogens (tertiary/aromatic N) is 1. The number of nitrogens with two attached hydrogens (primary N) is 1. The molecule has 5 nitrogen and oxygen atoms in total. The molecule has 3 rings (SSSR count). The molecule has 1 amide bonds. The molecule has 3 N–H and O–H groups in total. The molecule has 2 heterocycles. The summed E-state index contributed by atoms with van der Waals surface area (Å²) in [5.74, 6) is 1.56. The Bertz CT molecular complexity index is 532. The zero-order chi connectivity index (χ0) is 14.8. The van der Waals surface area contributed by atoms with Crippen LogP contribution in [0.2, 0.25) is 0 Å². The first kappa shape index (κ1) is 14.0. The Balaban J connectivity index is 1.74. The summed E-state index contributed by atoms with van der Waals surface area (Å²) in [4.78, 5) is 13.8. The predicted molar refractivity (Wildman–Crippen MR) is 83.5 cm³/mol. The fourth-order valence-corrected chi connectivity index (χ4v) is 3.38. The van der Waals surface area contributed by atoms with E-state index in [9.17, 15) is 4.79 Å². The van der Waals surface area contributed by atoms with Gasteiger partial charge >= 0.3 is 0 Å².